The van der Waals surface area contributed by atoms with E-state index in [4.69, 9.17) is 19.4 Å². The van der Waals surface area contributed by atoms with Crippen LogP contribution in [0.4, 0.5) is 11.9 Å². The maximum atomic E-state index is 14.5. The molecule has 11 heteroatoms. The summed E-state index contributed by atoms with van der Waals surface area (Å²) in [5.41, 5.74) is 3.02. The average Bonchev–Trinajstić information content (AvgIpc) is 3.38. The van der Waals surface area contributed by atoms with Crippen LogP contribution in [0.5, 0.6) is 0 Å². The molecule has 41 heavy (non-hydrogen) atoms. The van der Waals surface area contributed by atoms with E-state index in [9.17, 15) is 9.59 Å². The van der Waals surface area contributed by atoms with Gasteiger partial charge in [-0.15, -0.1) is 0 Å². The summed E-state index contributed by atoms with van der Waals surface area (Å²) in [5.74, 6) is 1.10. The van der Waals surface area contributed by atoms with Gasteiger partial charge in [-0.2, -0.15) is 0 Å². The van der Waals surface area contributed by atoms with Gasteiger partial charge < -0.3 is 19.3 Å². The van der Waals surface area contributed by atoms with Crippen molar-refractivity contribution in [3.05, 3.63) is 80.4 Å². The van der Waals surface area contributed by atoms with Gasteiger partial charge in [-0.3, -0.25) is 9.59 Å². The molecule has 2 fully saturated rings. The first-order valence-corrected chi connectivity index (χ1v) is 14.6. The third-order valence-corrected chi connectivity index (χ3v) is 8.66. The number of nitrogens with zero attached hydrogens (tertiary/aromatic N) is 6. The molecular formula is C30H30N6O4S. The number of hydrogen-bond acceptors (Lipinski definition) is 9. The molecule has 210 valence electrons. The van der Waals surface area contributed by atoms with Crippen LogP contribution in [0, 0.1) is 13.8 Å². The number of aromatic nitrogens is 4. The van der Waals surface area contributed by atoms with Crippen LogP contribution < -0.4 is 20.9 Å². The minimum absolute atomic E-state index is 0.278. The number of benzene rings is 2. The number of fused-ring (bicyclic) bond motifs is 3. The van der Waals surface area contributed by atoms with E-state index < -0.39 is 0 Å². The van der Waals surface area contributed by atoms with E-state index in [2.05, 4.69) is 9.80 Å². The molecule has 3 aromatic heterocycles. The van der Waals surface area contributed by atoms with Crippen molar-refractivity contribution in [2.24, 2.45) is 0 Å². The first-order chi connectivity index (χ1) is 20.0. The van der Waals surface area contributed by atoms with Crippen molar-refractivity contribution in [2.45, 2.75) is 13.8 Å². The Bertz CT molecular complexity index is 1730. The number of anilines is 2. The zero-order valence-electron chi connectivity index (χ0n) is 23.0. The molecule has 10 nitrogen and oxygen atoms in total. The Balaban J connectivity index is 1.54. The quantitative estimate of drug-likeness (QED) is 0.325. The monoisotopic (exact) mass is 570 g/mol. The van der Waals surface area contributed by atoms with Crippen LogP contribution in [0.25, 0.3) is 31.8 Å². The molecule has 0 N–H and O–H groups in total. The summed E-state index contributed by atoms with van der Waals surface area (Å²) in [4.78, 5) is 44.1. The molecule has 0 radical (unpaired) electrons. The van der Waals surface area contributed by atoms with Crippen LogP contribution in [-0.4, -0.2) is 71.7 Å². The molecule has 2 saturated heterocycles. The molecule has 0 amide bonds. The van der Waals surface area contributed by atoms with Gasteiger partial charge in [-0.05, 0) is 38.1 Å². The van der Waals surface area contributed by atoms with E-state index >= 15 is 0 Å². The predicted molar refractivity (Wildman–Crippen MR) is 162 cm³/mol. The fourth-order valence-electron chi connectivity index (χ4n) is 5.45. The lowest BCUT2D eigenvalue weighted by molar-refractivity contribution is 0.121. The number of morpholine rings is 2. The molecule has 2 aromatic carbocycles. The first-order valence-electron chi connectivity index (χ1n) is 13.8. The normalized spacial score (nSPS) is 16.1. The fourth-order valence-corrected chi connectivity index (χ4v) is 6.47. The molecule has 0 saturated carbocycles. The molecular weight excluding hydrogens is 540 g/mol. The van der Waals surface area contributed by atoms with E-state index in [1.165, 1.54) is 11.3 Å². The third-order valence-electron chi connectivity index (χ3n) is 7.68. The van der Waals surface area contributed by atoms with Crippen molar-refractivity contribution < 1.29 is 9.47 Å². The lowest BCUT2D eigenvalue weighted by atomic mass is 10.2. The predicted octanol–water partition coefficient (Wildman–Crippen LogP) is 3.44. The van der Waals surface area contributed by atoms with Gasteiger partial charge in [-0.25, -0.2) is 19.1 Å². The maximum absolute atomic E-state index is 14.5. The van der Waals surface area contributed by atoms with Crippen molar-refractivity contribution in [3.8, 4) is 11.4 Å². The fraction of sp³-hybridized carbons (Fsp3) is 0.333. The summed E-state index contributed by atoms with van der Waals surface area (Å²) < 4.78 is 14.4. The Morgan fingerprint density at radius 3 is 1.34 bits per heavy atom. The molecule has 0 atom stereocenters. The number of hydrogen-bond donors (Lipinski definition) is 0. The van der Waals surface area contributed by atoms with Crippen LogP contribution in [0.3, 0.4) is 0 Å². The molecule has 0 unspecified atom stereocenters. The summed E-state index contributed by atoms with van der Waals surface area (Å²) in [5, 5.41) is 0.601. The van der Waals surface area contributed by atoms with E-state index in [1.54, 1.807) is 9.13 Å². The molecule has 0 bridgehead atoms. The van der Waals surface area contributed by atoms with E-state index in [-0.39, 0.29) is 11.1 Å². The zero-order chi connectivity index (χ0) is 28.1. The van der Waals surface area contributed by atoms with Crippen LogP contribution in [0.15, 0.2) is 58.1 Å². The molecule has 0 spiro atoms. The van der Waals surface area contributed by atoms with Crippen LogP contribution in [0.2, 0.25) is 0 Å². The van der Waals surface area contributed by atoms with Gasteiger partial charge in [0.25, 0.3) is 11.1 Å². The van der Waals surface area contributed by atoms with Gasteiger partial charge in [0.15, 0.2) is 0 Å². The highest BCUT2D eigenvalue weighted by molar-refractivity contribution is 7.25. The second kappa shape index (κ2) is 10.4. The summed E-state index contributed by atoms with van der Waals surface area (Å²) in [6, 6.07) is 15.6. The lowest BCUT2D eigenvalue weighted by Gasteiger charge is -2.29. The Morgan fingerprint density at radius 2 is 0.976 bits per heavy atom. The second-order valence-corrected chi connectivity index (χ2v) is 11.4. The van der Waals surface area contributed by atoms with Crippen LogP contribution >= 0.6 is 11.3 Å². The Kier molecular flexibility index (Phi) is 6.57. The largest absolute Gasteiger partial charge is 0.378 e. The summed E-state index contributed by atoms with van der Waals surface area (Å²) in [7, 11) is 0. The smallest absolute Gasteiger partial charge is 0.269 e. The Labute approximate surface area is 240 Å². The van der Waals surface area contributed by atoms with E-state index in [0.29, 0.717) is 96.3 Å². The van der Waals surface area contributed by atoms with Crippen LogP contribution in [0.1, 0.15) is 11.1 Å². The molecule has 2 aliphatic rings. The van der Waals surface area contributed by atoms with Gasteiger partial charge in [-0.1, -0.05) is 46.7 Å². The summed E-state index contributed by atoms with van der Waals surface area (Å²) >= 11 is 1.29. The minimum Gasteiger partial charge on any atom is -0.378 e. The topological polar surface area (TPSA) is 94.7 Å². The summed E-state index contributed by atoms with van der Waals surface area (Å²) in [6.07, 6.45) is 0. The molecule has 0 aliphatic carbocycles. The first kappa shape index (κ1) is 25.9. The summed E-state index contributed by atoms with van der Waals surface area (Å²) in [6.45, 7) is 8.72. The second-order valence-electron chi connectivity index (χ2n) is 10.4. The van der Waals surface area contributed by atoms with E-state index in [1.807, 2.05) is 62.4 Å². The maximum Gasteiger partial charge on any atom is 0.269 e. The highest BCUT2D eigenvalue weighted by Crippen LogP contribution is 2.32. The van der Waals surface area contributed by atoms with Crippen molar-refractivity contribution >= 4 is 43.7 Å². The number of aryl methyl sites for hydroxylation is 2. The van der Waals surface area contributed by atoms with E-state index in [0.717, 1.165) is 11.1 Å². The van der Waals surface area contributed by atoms with Crippen LogP contribution in [-0.2, 0) is 9.47 Å². The number of rotatable bonds is 4. The third kappa shape index (κ3) is 4.50. The van der Waals surface area contributed by atoms with Gasteiger partial charge in [0.2, 0.25) is 11.9 Å². The highest BCUT2D eigenvalue weighted by atomic mass is 32.1. The van der Waals surface area contributed by atoms with Gasteiger partial charge in [0.1, 0.15) is 9.66 Å². The SMILES string of the molecule is Cc1ccc(-n2c(N3CCOCC3)nc3sc4nc(N5CCOCC5)n(-c5ccc(C)cc5)c(=O)c4c3c2=O)cc1. The van der Waals surface area contributed by atoms with Gasteiger partial charge >= 0.3 is 0 Å². The Morgan fingerprint density at radius 1 is 0.610 bits per heavy atom. The molecule has 2 aliphatic heterocycles. The lowest BCUT2D eigenvalue weighted by Crippen LogP contribution is -2.41. The molecule has 7 rings (SSSR count). The zero-order valence-corrected chi connectivity index (χ0v) is 23.8. The van der Waals surface area contributed by atoms with Crippen molar-refractivity contribution in [1.29, 1.82) is 0 Å². The Hall–Kier alpha value is -4.06. The van der Waals surface area contributed by atoms with Crippen molar-refractivity contribution in [1.82, 2.24) is 19.1 Å². The van der Waals surface area contributed by atoms with Crippen molar-refractivity contribution in [2.75, 3.05) is 62.4 Å². The van der Waals surface area contributed by atoms with Crippen molar-refractivity contribution in [3.63, 3.8) is 0 Å². The van der Waals surface area contributed by atoms with Gasteiger partial charge in [0, 0.05) is 26.2 Å². The standard InChI is InChI=1S/C30H30N6O4S/c1-19-3-7-21(8-4-19)35-27(37)23-24-26(41-25(23)31-29(35)33-11-15-39-16-12-33)32-30(34-13-17-40-18-14-34)36(28(24)38)22-9-5-20(2)6-10-22/h3-10H,11-18H2,1-2H3. The highest BCUT2D eigenvalue weighted by Gasteiger charge is 2.27. The van der Waals surface area contributed by atoms with Gasteiger partial charge in [0.05, 0.1) is 48.6 Å². The number of thiophene rings is 1. The average molecular weight is 571 g/mol. The minimum atomic E-state index is -0.278. The number of ether oxygens (including phenoxy) is 2. The molecule has 5 aromatic rings. The molecule has 5 heterocycles.